The van der Waals surface area contributed by atoms with Crippen molar-refractivity contribution in [3.63, 3.8) is 0 Å². The van der Waals surface area contributed by atoms with E-state index < -0.39 is 71.9 Å². The zero-order chi connectivity index (χ0) is 32.8. The Hall–Kier alpha value is -4.74. The van der Waals surface area contributed by atoms with Crippen molar-refractivity contribution < 1.29 is 39.0 Å². The van der Waals surface area contributed by atoms with E-state index in [-0.39, 0.29) is 18.6 Å². The van der Waals surface area contributed by atoms with Gasteiger partial charge in [0, 0.05) is 19.8 Å². The van der Waals surface area contributed by atoms with Crippen LogP contribution in [-0.2, 0) is 41.6 Å². The van der Waals surface area contributed by atoms with Crippen molar-refractivity contribution in [1.82, 2.24) is 21.3 Å². The Balaban J connectivity index is 2.02. The van der Waals surface area contributed by atoms with E-state index >= 15 is 0 Å². The van der Waals surface area contributed by atoms with Crippen molar-refractivity contribution in [2.24, 2.45) is 5.92 Å². The molecule has 44 heavy (non-hydrogen) atoms. The van der Waals surface area contributed by atoms with Gasteiger partial charge in [-0.3, -0.25) is 28.8 Å². The number of carboxylic acids is 1. The molecular formula is C32H42N4O8. The number of benzene rings is 2. The summed E-state index contributed by atoms with van der Waals surface area (Å²) in [5.74, 6) is -4.55. The molecular weight excluding hydrogens is 568 g/mol. The molecule has 0 saturated heterocycles. The molecule has 0 radical (unpaired) electrons. The van der Waals surface area contributed by atoms with Gasteiger partial charge >= 0.3 is 5.97 Å². The molecule has 0 spiro atoms. The van der Waals surface area contributed by atoms with Crippen LogP contribution in [0.1, 0.15) is 58.1 Å². The number of rotatable bonds is 17. The quantitative estimate of drug-likeness (QED) is 0.156. The fourth-order valence-corrected chi connectivity index (χ4v) is 4.48. The van der Waals surface area contributed by atoms with Gasteiger partial charge in [0.1, 0.15) is 23.9 Å². The Labute approximate surface area is 257 Å². The second-order valence-corrected chi connectivity index (χ2v) is 11.0. The number of aliphatic carboxylic acids is 1. The number of phenolic OH excluding ortho intramolecular Hbond substituents is 1. The molecule has 0 saturated carbocycles. The van der Waals surface area contributed by atoms with Crippen LogP contribution in [-0.4, -0.2) is 69.8 Å². The van der Waals surface area contributed by atoms with Gasteiger partial charge in [-0.2, -0.15) is 0 Å². The number of aromatic hydroxyl groups is 1. The van der Waals surface area contributed by atoms with E-state index in [4.69, 9.17) is 0 Å². The molecule has 2 rings (SSSR count). The number of hydrogen-bond acceptors (Lipinski definition) is 7. The third kappa shape index (κ3) is 12.2. The number of ketones is 1. The summed E-state index contributed by atoms with van der Waals surface area (Å²) in [4.78, 5) is 75.2. The standard InChI is InChI=1S/C32H42N4O8/c1-19(2)29(36-31(43)26(34-21(4)37)17-23-13-15-24(38)16-14-23)32(44)33-20(3)30(42)35-25(18-28(40)41)27(39)12-8-11-22-9-6-5-7-10-22/h5-7,9-10,13-16,19-20,25-26,29,38H,8,11-12,17-18H2,1-4H3,(H,33,44)(H,34,37)(H,35,42)(H,36,43)(H,40,41)/t20-,25?,26-,29-/m0/s1. The molecule has 12 heteroatoms. The molecule has 0 bridgehead atoms. The number of aryl methyl sites for hydroxylation is 1. The first kappa shape index (κ1) is 35.5. The van der Waals surface area contributed by atoms with Crippen LogP contribution in [0.15, 0.2) is 54.6 Å². The molecule has 4 amide bonds. The summed E-state index contributed by atoms with van der Waals surface area (Å²) in [5, 5.41) is 29.0. The summed E-state index contributed by atoms with van der Waals surface area (Å²) in [6, 6.07) is 11.1. The van der Waals surface area contributed by atoms with Crippen molar-refractivity contribution in [2.45, 2.75) is 84.0 Å². The number of carbonyl (C=O) groups excluding carboxylic acids is 5. The Kier molecular flexibility index (Phi) is 14.0. The number of Topliss-reactive ketones (excluding diaryl/α,β-unsaturated/α-hetero) is 1. The number of amides is 4. The molecule has 4 atom stereocenters. The number of phenols is 1. The molecule has 6 N–H and O–H groups in total. The van der Waals surface area contributed by atoms with E-state index in [9.17, 15) is 39.0 Å². The molecule has 1 unspecified atom stereocenters. The van der Waals surface area contributed by atoms with Gasteiger partial charge in [-0.1, -0.05) is 56.3 Å². The number of hydrogen-bond donors (Lipinski definition) is 6. The number of carboxylic acid groups (broad SMARTS) is 1. The summed E-state index contributed by atoms with van der Waals surface area (Å²) < 4.78 is 0. The Morgan fingerprint density at radius 1 is 0.727 bits per heavy atom. The monoisotopic (exact) mass is 610 g/mol. The predicted octanol–water partition coefficient (Wildman–Crippen LogP) is 1.64. The molecule has 0 aromatic heterocycles. The zero-order valence-electron chi connectivity index (χ0n) is 25.5. The second-order valence-electron chi connectivity index (χ2n) is 11.0. The Bertz CT molecular complexity index is 1300. The predicted molar refractivity (Wildman–Crippen MR) is 162 cm³/mol. The second kappa shape index (κ2) is 17.4. The fourth-order valence-electron chi connectivity index (χ4n) is 4.48. The van der Waals surface area contributed by atoms with Gasteiger partial charge in [0.05, 0.1) is 12.5 Å². The highest BCUT2D eigenvalue weighted by Crippen LogP contribution is 2.13. The summed E-state index contributed by atoms with van der Waals surface area (Å²) >= 11 is 0. The minimum atomic E-state index is -1.27. The van der Waals surface area contributed by atoms with E-state index in [1.54, 1.807) is 26.0 Å². The van der Waals surface area contributed by atoms with E-state index in [0.29, 0.717) is 18.4 Å². The lowest BCUT2D eigenvalue weighted by Gasteiger charge is -2.27. The van der Waals surface area contributed by atoms with Crippen molar-refractivity contribution >= 4 is 35.4 Å². The minimum Gasteiger partial charge on any atom is -0.508 e. The van der Waals surface area contributed by atoms with E-state index in [1.165, 1.54) is 26.0 Å². The molecule has 2 aromatic carbocycles. The number of nitrogens with one attached hydrogen (secondary N) is 4. The van der Waals surface area contributed by atoms with Gasteiger partial charge in [0.15, 0.2) is 5.78 Å². The van der Waals surface area contributed by atoms with Crippen LogP contribution >= 0.6 is 0 Å². The maximum atomic E-state index is 13.2. The third-order valence-corrected chi connectivity index (χ3v) is 6.88. The molecule has 0 aliphatic carbocycles. The lowest BCUT2D eigenvalue weighted by atomic mass is 10.00. The van der Waals surface area contributed by atoms with Gasteiger partial charge in [-0.25, -0.2) is 0 Å². The first-order valence-electron chi connectivity index (χ1n) is 14.5. The van der Waals surface area contributed by atoms with Gasteiger partial charge in [0.2, 0.25) is 23.6 Å². The molecule has 0 fully saturated rings. The Morgan fingerprint density at radius 3 is 1.93 bits per heavy atom. The molecule has 238 valence electrons. The summed E-state index contributed by atoms with van der Waals surface area (Å²) in [7, 11) is 0. The SMILES string of the molecule is CC(=O)N[C@@H](Cc1ccc(O)cc1)C(=O)N[C@H](C(=O)N[C@@H](C)C(=O)NC(CC(=O)O)C(=O)CCCc1ccccc1)C(C)C. The lowest BCUT2D eigenvalue weighted by Crippen LogP contribution is -2.58. The summed E-state index contributed by atoms with van der Waals surface area (Å²) in [6.07, 6.45) is 0.652. The van der Waals surface area contributed by atoms with Crippen LogP contribution in [0.4, 0.5) is 0 Å². The van der Waals surface area contributed by atoms with Gasteiger partial charge in [-0.05, 0) is 48.9 Å². The lowest BCUT2D eigenvalue weighted by molar-refractivity contribution is -0.140. The molecule has 12 nitrogen and oxygen atoms in total. The van der Waals surface area contributed by atoms with Crippen molar-refractivity contribution in [3.8, 4) is 5.75 Å². The first-order chi connectivity index (χ1) is 20.8. The van der Waals surface area contributed by atoms with Gasteiger partial charge < -0.3 is 31.5 Å². The first-order valence-corrected chi connectivity index (χ1v) is 14.5. The minimum absolute atomic E-state index is 0.0469. The molecule has 0 heterocycles. The highest BCUT2D eigenvalue weighted by Gasteiger charge is 2.31. The van der Waals surface area contributed by atoms with Crippen LogP contribution in [0.3, 0.4) is 0 Å². The topological polar surface area (TPSA) is 191 Å². The molecule has 0 aliphatic heterocycles. The highest BCUT2D eigenvalue weighted by molar-refractivity contribution is 5.96. The number of carbonyl (C=O) groups is 6. The van der Waals surface area contributed by atoms with E-state index in [2.05, 4.69) is 21.3 Å². The fraction of sp³-hybridized carbons (Fsp3) is 0.438. The molecule has 2 aromatic rings. The van der Waals surface area contributed by atoms with Crippen LogP contribution in [0.25, 0.3) is 0 Å². The molecule has 0 aliphatic rings. The van der Waals surface area contributed by atoms with E-state index in [0.717, 1.165) is 5.56 Å². The van der Waals surface area contributed by atoms with Gasteiger partial charge in [-0.15, -0.1) is 0 Å². The average molecular weight is 611 g/mol. The maximum Gasteiger partial charge on any atom is 0.305 e. The van der Waals surface area contributed by atoms with Gasteiger partial charge in [0.25, 0.3) is 0 Å². The maximum absolute atomic E-state index is 13.2. The third-order valence-electron chi connectivity index (χ3n) is 6.88. The smallest absolute Gasteiger partial charge is 0.305 e. The van der Waals surface area contributed by atoms with Crippen molar-refractivity contribution in [1.29, 1.82) is 0 Å². The van der Waals surface area contributed by atoms with Crippen LogP contribution in [0.5, 0.6) is 5.75 Å². The zero-order valence-corrected chi connectivity index (χ0v) is 25.5. The Morgan fingerprint density at radius 2 is 1.36 bits per heavy atom. The van der Waals surface area contributed by atoms with Crippen LogP contribution < -0.4 is 21.3 Å². The van der Waals surface area contributed by atoms with E-state index in [1.807, 2.05) is 30.3 Å². The highest BCUT2D eigenvalue weighted by atomic mass is 16.4. The average Bonchev–Trinajstić information content (AvgIpc) is 2.95. The van der Waals surface area contributed by atoms with Crippen molar-refractivity contribution in [3.05, 3.63) is 65.7 Å². The van der Waals surface area contributed by atoms with Crippen LogP contribution in [0.2, 0.25) is 0 Å². The summed E-state index contributed by atoms with van der Waals surface area (Å²) in [6.45, 7) is 6.03. The largest absolute Gasteiger partial charge is 0.508 e. The van der Waals surface area contributed by atoms with Crippen LogP contribution in [0, 0.1) is 5.92 Å². The normalized spacial score (nSPS) is 13.6. The van der Waals surface area contributed by atoms with Crippen molar-refractivity contribution in [2.75, 3.05) is 0 Å². The summed E-state index contributed by atoms with van der Waals surface area (Å²) in [5.41, 5.74) is 1.70.